The topological polar surface area (TPSA) is 109 Å². The van der Waals surface area contributed by atoms with Crippen LogP contribution in [0.3, 0.4) is 0 Å². The second-order valence-corrected chi connectivity index (χ2v) is 8.94. The summed E-state index contributed by atoms with van der Waals surface area (Å²) < 4.78 is 38.5. The van der Waals surface area contributed by atoms with E-state index in [0.29, 0.717) is 17.0 Å². The average Bonchev–Trinajstić information content (AvgIpc) is 3.23. The van der Waals surface area contributed by atoms with Gasteiger partial charge in [0.05, 0.1) is 16.8 Å². The highest BCUT2D eigenvalue weighted by Gasteiger charge is 2.34. The van der Waals surface area contributed by atoms with Crippen LogP contribution in [-0.4, -0.2) is 61.7 Å². The maximum atomic E-state index is 13.2. The lowest BCUT2D eigenvalue weighted by Crippen LogP contribution is -2.50. The molecule has 0 aliphatic carbocycles. The van der Waals surface area contributed by atoms with Crippen LogP contribution in [0.1, 0.15) is 23.0 Å². The predicted octanol–water partition coefficient (Wildman–Crippen LogP) is 1.45. The highest BCUT2D eigenvalue weighted by atomic mass is 32.2. The van der Waals surface area contributed by atoms with Gasteiger partial charge in [0.15, 0.2) is 11.9 Å². The number of carbonyl (C=O) groups excluding carboxylic acids is 2. The maximum Gasteiger partial charge on any atom is 0.289 e. The van der Waals surface area contributed by atoms with Crippen molar-refractivity contribution in [1.82, 2.24) is 9.21 Å². The van der Waals surface area contributed by atoms with Gasteiger partial charge in [-0.3, -0.25) is 9.59 Å². The molecule has 2 aliphatic heterocycles. The van der Waals surface area contributed by atoms with Gasteiger partial charge in [0, 0.05) is 32.2 Å². The second kappa shape index (κ2) is 7.20. The van der Waals surface area contributed by atoms with Crippen molar-refractivity contribution in [2.45, 2.75) is 24.8 Å². The molecular formula is C19H21N3O6S. The van der Waals surface area contributed by atoms with Gasteiger partial charge >= 0.3 is 0 Å². The van der Waals surface area contributed by atoms with Crippen molar-refractivity contribution < 1.29 is 27.2 Å². The lowest BCUT2D eigenvalue weighted by atomic mass is 10.1. The SMILES string of the molecule is Cc1cc2c(cc1S(=O)(=O)N1CCN(C(=O)c3ccco3)CC1)O[C@@H](C)C(=O)N2. The van der Waals surface area contributed by atoms with E-state index < -0.39 is 16.1 Å². The molecule has 1 aromatic heterocycles. The van der Waals surface area contributed by atoms with Gasteiger partial charge in [0.1, 0.15) is 5.75 Å². The van der Waals surface area contributed by atoms with Crippen molar-refractivity contribution in [2.24, 2.45) is 0 Å². The maximum absolute atomic E-state index is 13.2. The number of hydrogen-bond donors (Lipinski definition) is 1. The number of amides is 2. The van der Waals surface area contributed by atoms with Crippen molar-refractivity contribution in [3.05, 3.63) is 41.9 Å². The quantitative estimate of drug-likeness (QED) is 0.807. The first-order valence-corrected chi connectivity index (χ1v) is 10.7. The Morgan fingerprint density at radius 2 is 1.93 bits per heavy atom. The van der Waals surface area contributed by atoms with E-state index in [1.54, 1.807) is 36.9 Å². The number of sulfonamides is 1. The number of fused-ring (bicyclic) bond motifs is 1. The normalized spacial score (nSPS) is 20.0. The zero-order chi connectivity index (χ0) is 20.8. The molecule has 10 heteroatoms. The minimum Gasteiger partial charge on any atom is -0.479 e. The summed E-state index contributed by atoms with van der Waals surface area (Å²) in [6.45, 7) is 4.17. The Morgan fingerprint density at radius 1 is 1.21 bits per heavy atom. The number of piperazine rings is 1. The van der Waals surface area contributed by atoms with Crippen molar-refractivity contribution >= 4 is 27.5 Å². The molecule has 3 heterocycles. The molecule has 0 bridgehead atoms. The molecule has 0 unspecified atom stereocenters. The fourth-order valence-electron chi connectivity index (χ4n) is 3.45. The summed E-state index contributed by atoms with van der Waals surface area (Å²) in [5, 5.41) is 2.71. The second-order valence-electron chi connectivity index (χ2n) is 7.04. The Kier molecular flexibility index (Phi) is 4.83. The molecule has 1 N–H and O–H groups in total. The average molecular weight is 419 g/mol. The van der Waals surface area contributed by atoms with Gasteiger partial charge in [-0.2, -0.15) is 4.31 Å². The predicted molar refractivity (Wildman–Crippen MR) is 103 cm³/mol. The van der Waals surface area contributed by atoms with Gasteiger partial charge in [-0.25, -0.2) is 8.42 Å². The van der Waals surface area contributed by atoms with Crippen LogP contribution in [0.25, 0.3) is 0 Å². The third-order valence-electron chi connectivity index (χ3n) is 5.08. The van der Waals surface area contributed by atoms with Crippen molar-refractivity contribution in [3.8, 4) is 5.75 Å². The molecule has 29 heavy (non-hydrogen) atoms. The van der Waals surface area contributed by atoms with E-state index in [9.17, 15) is 18.0 Å². The van der Waals surface area contributed by atoms with Crippen LogP contribution in [0, 0.1) is 6.92 Å². The summed E-state index contributed by atoms with van der Waals surface area (Å²) in [6.07, 6.45) is 0.731. The Labute approximate surface area is 168 Å². The summed E-state index contributed by atoms with van der Waals surface area (Å²) >= 11 is 0. The highest BCUT2D eigenvalue weighted by Crippen LogP contribution is 2.35. The van der Waals surface area contributed by atoms with Gasteiger partial charge in [-0.05, 0) is 37.6 Å². The van der Waals surface area contributed by atoms with Crippen LogP contribution in [0.2, 0.25) is 0 Å². The van der Waals surface area contributed by atoms with E-state index in [0.717, 1.165) is 0 Å². The summed E-state index contributed by atoms with van der Waals surface area (Å²) in [6, 6.07) is 6.28. The first-order chi connectivity index (χ1) is 13.8. The third kappa shape index (κ3) is 3.49. The summed E-state index contributed by atoms with van der Waals surface area (Å²) in [5.41, 5.74) is 0.967. The Morgan fingerprint density at radius 3 is 2.59 bits per heavy atom. The van der Waals surface area contributed by atoms with E-state index in [-0.39, 0.29) is 48.6 Å². The lowest BCUT2D eigenvalue weighted by Gasteiger charge is -2.34. The van der Waals surface area contributed by atoms with E-state index in [4.69, 9.17) is 9.15 Å². The summed E-state index contributed by atoms with van der Waals surface area (Å²) in [5.74, 6) is 0.0352. The number of aryl methyl sites for hydroxylation is 1. The van der Waals surface area contributed by atoms with E-state index >= 15 is 0 Å². The number of benzene rings is 1. The molecule has 2 aliphatic rings. The minimum atomic E-state index is -3.78. The Balaban J connectivity index is 1.53. The van der Waals surface area contributed by atoms with Crippen LogP contribution in [0.4, 0.5) is 5.69 Å². The van der Waals surface area contributed by atoms with Gasteiger partial charge in [-0.15, -0.1) is 0 Å². The number of anilines is 1. The standard InChI is InChI=1S/C19H21N3O6S/c1-12-10-14-16(28-13(2)18(23)20-14)11-17(12)29(25,26)22-7-5-21(6-8-22)19(24)15-4-3-9-27-15/h3-4,9-11,13H,5-8H2,1-2H3,(H,20,23)/t13-/m0/s1. The molecule has 154 valence electrons. The number of furan rings is 1. The largest absolute Gasteiger partial charge is 0.479 e. The highest BCUT2D eigenvalue weighted by molar-refractivity contribution is 7.89. The van der Waals surface area contributed by atoms with Crippen LogP contribution < -0.4 is 10.1 Å². The number of nitrogens with one attached hydrogen (secondary N) is 1. The van der Waals surface area contributed by atoms with Crippen molar-refractivity contribution in [1.29, 1.82) is 0 Å². The molecule has 1 aromatic carbocycles. The summed E-state index contributed by atoms with van der Waals surface area (Å²) in [4.78, 5) is 25.8. The molecular weight excluding hydrogens is 398 g/mol. The molecule has 2 aromatic rings. The molecule has 1 atom stereocenters. The van der Waals surface area contributed by atoms with Gasteiger partial charge in [0.25, 0.3) is 11.8 Å². The number of rotatable bonds is 3. The van der Waals surface area contributed by atoms with Crippen LogP contribution in [0.5, 0.6) is 5.75 Å². The summed E-state index contributed by atoms with van der Waals surface area (Å²) in [7, 11) is -3.78. The van der Waals surface area contributed by atoms with E-state index in [1.165, 1.54) is 16.6 Å². The zero-order valence-corrected chi connectivity index (χ0v) is 16.9. The van der Waals surface area contributed by atoms with Crippen LogP contribution in [-0.2, 0) is 14.8 Å². The van der Waals surface area contributed by atoms with E-state index in [2.05, 4.69) is 5.32 Å². The monoisotopic (exact) mass is 419 g/mol. The number of nitrogens with zero attached hydrogens (tertiary/aromatic N) is 2. The first kappa shape index (κ1) is 19.5. The molecule has 9 nitrogen and oxygen atoms in total. The molecule has 0 spiro atoms. The molecule has 4 rings (SSSR count). The van der Waals surface area contributed by atoms with Crippen LogP contribution in [0.15, 0.2) is 39.8 Å². The van der Waals surface area contributed by atoms with Gasteiger partial charge in [-0.1, -0.05) is 0 Å². The molecule has 0 radical (unpaired) electrons. The Bertz CT molecular complexity index is 1060. The fourth-order valence-corrected chi connectivity index (χ4v) is 5.09. The zero-order valence-electron chi connectivity index (χ0n) is 16.0. The van der Waals surface area contributed by atoms with Crippen molar-refractivity contribution in [3.63, 3.8) is 0 Å². The van der Waals surface area contributed by atoms with Gasteiger partial charge in [0.2, 0.25) is 10.0 Å². The third-order valence-corrected chi connectivity index (χ3v) is 7.12. The smallest absolute Gasteiger partial charge is 0.289 e. The number of carbonyl (C=O) groups is 2. The molecule has 0 saturated carbocycles. The number of hydrogen-bond acceptors (Lipinski definition) is 6. The molecule has 1 fully saturated rings. The minimum absolute atomic E-state index is 0.130. The van der Waals surface area contributed by atoms with Crippen LogP contribution >= 0.6 is 0 Å². The fraction of sp³-hybridized carbons (Fsp3) is 0.368. The molecule has 1 saturated heterocycles. The molecule has 2 amide bonds. The Hall–Kier alpha value is -2.85. The number of ether oxygens (including phenoxy) is 1. The van der Waals surface area contributed by atoms with Gasteiger partial charge < -0.3 is 19.4 Å². The van der Waals surface area contributed by atoms with E-state index in [1.807, 2.05) is 0 Å². The first-order valence-electron chi connectivity index (χ1n) is 9.22. The van der Waals surface area contributed by atoms with Crippen molar-refractivity contribution in [2.75, 3.05) is 31.5 Å². The lowest BCUT2D eigenvalue weighted by molar-refractivity contribution is -0.122.